The van der Waals surface area contributed by atoms with E-state index >= 15 is 0 Å². The number of hydrogen-bond donors (Lipinski definition) is 1. The molecular formula is C23H30ClN4O2+. The Morgan fingerprint density at radius 3 is 2.17 bits per heavy atom. The minimum atomic E-state index is 0.260. The third-order valence-corrected chi connectivity index (χ3v) is 6.44. The Morgan fingerprint density at radius 2 is 1.50 bits per heavy atom. The molecule has 2 aliphatic heterocycles. The summed E-state index contributed by atoms with van der Waals surface area (Å²) in [7, 11) is 1.70. The predicted molar refractivity (Wildman–Crippen MR) is 121 cm³/mol. The zero-order valence-electron chi connectivity index (χ0n) is 17.5. The number of ether oxygens (including phenoxy) is 1. The zero-order valence-corrected chi connectivity index (χ0v) is 18.3. The van der Waals surface area contributed by atoms with Crippen molar-refractivity contribution in [2.75, 3.05) is 75.8 Å². The van der Waals surface area contributed by atoms with Gasteiger partial charge in [0.05, 0.1) is 49.7 Å². The van der Waals surface area contributed by atoms with Crippen LogP contribution in [0.25, 0.3) is 0 Å². The fourth-order valence-electron chi connectivity index (χ4n) is 4.36. The highest BCUT2D eigenvalue weighted by molar-refractivity contribution is 6.33. The van der Waals surface area contributed by atoms with Crippen molar-refractivity contribution < 1.29 is 14.4 Å². The van der Waals surface area contributed by atoms with Crippen LogP contribution in [0.4, 0.5) is 11.4 Å². The Labute approximate surface area is 183 Å². The van der Waals surface area contributed by atoms with E-state index in [4.69, 9.17) is 16.3 Å². The van der Waals surface area contributed by atoms with Crippen molar-refractivity contribution in [1.82, 2.24) is 4.90 Å². The maximum absolute atomic E-state index is 12.9. The number of hydrogen-bond acceptors (Lipinski definition) is 4. The van der Waals surface area contributed by atoms with Gasteiger partial charge in [0.25, 0.3) is 5.91 Å². The molecule has 2 saturated heterocycles. The Hall–Kier alpha value is -2.44. The summed E-state index contributed by atoms with van der Waals surface area (Å²) in [4.78, 5) is 20.9. The number of halogens is 1. The minimum absolute atomic E-state index is 0.260. The molecule has 2 aromatic carbocycles. The highest BCUT2D eigenvalue weighted by Gasteiger charge is 2.28. The number of piperazine rings is 2. The van der Waals surface area contributed by atoms with Crippen LogP contribution in [0.3, 0.4) is 0 Å². The fourth-order valence-corrected chi connectivity index (χ4v) is 4.62. The Kier molecular flexibility index (Phi) is 6.65. The van der Waals surface area contributed by atoms with Gasteiger partial charge in [0.1, 0.15) is 5.75 Å². The van der Waals surface area contributed by atoms with E-state index in [9.17, 15) is 4.79 Å². The van der Waals surface area contributed by atoms with Crippen LogP contribution in [0, 0.1) is 0 Å². The van der Waals surface area contributed by atoms with E-state index in [0.29, 0.717) is 6.54 Å². The molecule has 0 aromatic heterocycles. The SMILES string of the molecule is COc1ccccc1N1CCN(C(=O)C[NH+]2CCN(c3ccccc3Cl)CC2)CC1. The average Bonchev–Trinajstić information content (AvgIpc) is 2.80. The normalized spacial score (nSPS) is 17.9. The van der Waals surface area contributed by atoms with Crippen molar-refractivity contribution in [2.45, 2.75) is 0 Å². The lowest BCUT2D eigenvalue weighted by Crippen LogP contribution is -3.16. The topological polar surface area (TPSA) is 40.5 Å². The molecule has 0 saturated carbocycles. The van der Waals surface area contributed by atoms with Crippen molar-refractivity contribution in [3.8, 4) is 5.75 Å². The molecule has 0 unspecified atom stereocenters. The number of nitrogens with one attached hydrogen (secondary N) is 1. The number of nitrogens with zero attached hydrogens (tertiary/aromatic N) is 3. The van der Waals surface area contributed by atoms with E-state index in [0.717, 1.165) is 74.5 Å². The number of benzene rings is 2. The second-order valence-electron chi connectivity index (χ2n) is 7.90. The average molecular weight is 430 g/mol. The van der Waals surface area contributed by atoms with Crippen LogP contribution in [0.2, 0.25) is 5.02 Å². The van der Waals surface area contributed by atoms with Gasteiger partial charge in [0.2, 0.25) is 0 Å². The molecule has 2 fully saturated rings. The standard InChI is InChI=1S/C23H29ClN4O2/c1-30-22-9-5-4-8-21(22)27-14-16-28(17-15-27)23(29)18-25-10-12-26(13-11-25)20-7-3-2-6-19(20)24/h2-9H,10-18H2,1H3/p+1. The van der Waals surface area contributed by atoms with Gasteiger partial charge in [-0.2, -0.15) is 0 Å². The molecule has 4 rings (SSSR count). The van der Waals surface area contributed by atoms with Crippen molar-refractivity contribution in [2.24, 2.45) is 0 Å². The second kappa shape index (κ2) is 9.58. The highest BCUT2D eigenvalue weighted by atomic mass is 35.5. The van der Waals surface area contributed by atoms with E-state index in [1.807, 2.05) is 41.3 Å². The molecular weight excluding hydrogens is 400 g/mol. The van der Waals surface area contributed by atoms with E-state index in [-0.39, 0.29) is 5.91 Å². The van der Waals surface area contributed by atoms with Gasteiger partial charge in [-0.3, -0.25) is 4.79 Å². The maximum Gasteiger partial charge on any atom is 0.277 e. The fraction of sp³-hybridized carbons (Fsp3) is 0.435. The second-order valence-corrected chi connectivity index (χ2v) is 8.31. The number of para-hydroxylation sites is 3. The molecule has 0 spiro atoms. The molecule has 0 aliphatic carbocycles. The summed E-state index contributed by atoms with van der Waals surface area (Å²) >= 11 is 6.33. The van der Waals surface area contributed by atoms with Crippen molar-refractivity contribution in [1.29, 1.82) is 0 Å². The summed E-state index contributed by atoms with van der Waals surface area (Å²) in [6.45, 7) is 7.53. The lowest BCUT2D eigenvalue weighted by atomic mass is 10.2. The van der Waals surface area contributed by atoms with Crippen LogP contribution in [0.5, 0.6) is 5.75 Å². The largest absolute Gasteiger partial charge is 0.495 e. The Morgan fingerprint density at radius 1 is 0.900 bits per heavy atom. The van der Waals surface area contributed by atoms with Gasteiger partial charge in [0.15, 0.2) is 6.54 Å². The van der Waals surface area contributed by atoms with Crippen LogP contribution in [-0.4, -0.2) is 76.8 Å². The first-order valence-electron chi connectivity index (χ1n) is 10.6. The van der Waals surface area contributed by atoms with Crippen LogP contribution in [-0.2, 0) is 4.79 Å². The van der Waals surface area contributed by atoms with Crippen LogP contribution in [0.1, 0.15) is 0 Å². The van der Waals surface area contributed by atoms with E-state index < -0.39 is 0 Å². The summed E-state index contributed by atoms with van der Waals surface area (Å²) in [5.41, 5.74) is 2.20. The number of carbonyl (C=O) groups excluding carboxylic acids is 1. The smallest absolute Gasteiger partial charge is 0.277 e. The molecule has 2 heterocycles. The number of carbonyl (C=O) groups is 1. The van der Waals surface area contributed by atoms with E-state index in [1.54, 1.807) is 7.11 Å². The first-order chi connectivity index (χ1) is 14.7. The molecule has 0 bridgehead atoms. The number of anilines is 2. The third-order valence-electron chi connectivity index (χ3n) is 6.12. The zero-order chi connectivity index (χ0) is 20.9. The lowest BCUT2D eigenvalue weighted by Gasteiger charge is -2.38. The number of quaternary nitrogens is 1. The molecule has 6 nitrogen and oxygen atoms in total. The van der Waals surface area contributed by atoms with Gasteiger partial charge in [-0.15, -0.1) is 0 Å². The number of rotatable bonds is 5. The van der Waals surface area contributed by atoms with Crippen LogP contribution >= 0.6 is 11.6 Å². The molecule has 0 radical (unpaired) electrons. The quantitative estimate of drug-likeness (QED) is 0.780. The molecule has 2 aliphatic rings. The van der Waals surface area contributed by atoms with E-state index in [1.165, 1.54) is 4.90 Å². The summed E-state index contributed by atoms with van der Waals surface area (Å²) in [6.07, 6.45) is 0. The lowest BCUT2D eigenvalue weighted by molar-refractivity contribution is -0.892. The summed E-state index contributed by atoms with van der Waals surface area (Å²) < 4.78 is 5.48. The van der Waals surface area contributed by atoms with Gasteiger partial charge in [-0.1, -0.05) is 35.9 Å². The van der Waals surface area contributed by atoms with Gasteiger partial charge in [0, 0.05) is 26.2 Å². The third kappa shape index (κ3) is 4.65. The summed E-state index contributed by atoms with van der Waals surface area (Å²) in [5.74, 6) is 1.15. The molecule has 1 N–H and O–H groups in total. The van der Waals surface area contributed by atoms with Crippen molar-refractivity contribution in [3.05, 3.63) is 53.6 Å². The summed E-state index contributed by atoms with van der Waals surface area (Å²) in [5, 5.41) is 0.796. The molecule has 0 atom stereocenters. The van der Waals surface area contributed by atoms with E-state index in [2.05, 4.69) is 21.9 Å². The van der Waals surface area contributed by atoms with Gasteiger partial charge in [-0.05, 0) is 24.3 Å². The van der Waals surface area contributed by atoms with Crippen LogP contribution < -0.4 is 19.4 Å². The molecule has 1 amide bonds. The van der Waals surface area contributed by atoms with Crippen molar-refractivity contribution >= 4 is 28.9 Å². The molecule has 30 heavy (non-hydrogen) atoms. The van der Waals surface area contributed by atoms with Gasteiger partial charge in [-0.25, -0.2) is 0 Å². The highest BCUT2D eigenvalue weighted by Crippen LogP contribution is 2.28. The van der Waals surface area contributed by atoms with Crippen LogP contribution in [0.15, 0.2) is 48.5 Å². The van der Waals surface area contributed by atoms with Gasteiger partial charge < -0.3 is 24.3 Å². The monoisotopic (exact) mass is 429 g/mol. The predicted octanol–water partition coefficient (Wildman–Crippen LogP) is 1.40. The Bertz CT molecular complexity index is 862. The van der Waals surface area contributed by atoms with Crippen molar-refractivity contribution in [3.63, 3.8) is 0 Å². The maximum atomic E-state index is 12.9. The molecule has 160 valence electrons. The minimum Gasteiger partial charge on any atom is -0.495 e. The number of amides is 1. The van der Waals surface area contributed by atoms with Gasteiger partial charge >= 0.3 is 0 Å². The summed E-state index contributed by atoms with van der Waals surface area (Å²) in [6, 6.07) is 16.1. The molecule has 2 aromatic rings. The number of methoxy groups -OCH3 is 1. The Balaban J connectivity index is 1.25. The first kappa shape index (κ1) is 20.8. The molecule has 7 heteroatoms. The first-order valence-corrected chi connectivity index (χ1v) is 11.0.